The molecule has 0 bridgehead atoms. The number of hydrogen-bond acceptors (Lipinski definition) is 5. The highest BCUT2D eigenvalue weighted by molar-refractivity contribution is 6.31. The van der Waals surface area contributed by atoms with E-state index >= 15 is 0 Å². The lowest BCUT2D eigenvalue weighted by atomic mass is 10.2. The maximum atomic E-state index is 11.8. The molecule has 0 radical (unpaired) electrons. The Labute approximate surface area is 127 Å². The van der Waals surface area contributed by atoms with E-state index in [4.69, 9.17) is 26.8 Å². The number of amides is 1. The Kier molecular flexibility index (Phi) is 5.41. The molecule has 1 aliphatic rings. The molecule has 114 valence electrons. The first kappa shape index (κ1) is 15.6. The first-order valence-corrected chi connectivity index (χ1v) is 7.04. The van der Waals surface area contributed by atoms with E-state index in [1.165, 1.54) is 12.1 Å². The number of ether oxygens (including phenoxy) is 2. The van der Waals surface area contributed by atoms with E-state index in [0.717, 1.165) is 19.4 Å². The highest BCUT2D eigenvalue weighted by Gasteiger charge is 2.17. The van der Waals surface area contributed by atoms with Crippen LogP contribution in [0.2, 0.25) is 5.02 Å². The first-order chi connectivity index (χ1) is 10.1. The summed E-state index contributed by atoms with van der Waals surface area (Å²) in [7, 11) is 0. The predicted octanol–water partition coefficient (Wildman–Crippen LogP) is 1.37. The molecule has 0 spiro atoms. The van der Waals surface area contributed by atoms with Crippen LogP contribution in [0.5, 0.6) is 0 Å². The molecule has 0 aromatic heterocycles. The third kappa shape index (κ3) is 4.61. The van der Waals surface area contributed by atoms with Gasteiger partial charge in [0.05, 0.1) is 11.7 Å². The lowest BCUT2D eigenvalue weighted by Gasteiger charge is -2.11. The molecule has 3 N–H and O–H groups in total. The number of hydrogen-bond donors (Lipinski definition) is 2. The molecule has 1 heterocycles. The van der Waals surface area contributed by atoms with Crippen LogP contribution in [0, 0.1) is 0 Å². The average molecular weight is 313 g/mol. The number of carbonyl (C=O) groups excluding carboxylic acids is 2. The number of nitrogens with two attached hydrogens (primary N) is 1. The van der Waals surface area contributed by atoms with Gasteiger partial charge in [0.15, 0.2) is 6.61 Å². The van der Waals surface area contributed by atoms with Crippen LogP contribution in [0.15, 0.2) is 18.2 Å². The van der Waals surface area contributed by atoms with Gasteiger partial charge in [-0.15, -0.1) is 0 Å². The van der Waals surface area contributed by atoms with Gasteiger partial charge in [0.1, 0.15) is 0 Å². The topological polar surface area (TPSA) is 90.7 Å². The number of halogens is 1. The Morgan fingerprint density at radius 3 is 3.00 bits per heavy atom. The van der Waals surface area contributed by atoms with Crippen molar-refractivity contribution < 1.29 is 19.1 Å². The number of carbonyl (C=O) groups is 2. The largest absolute Gasteiger partial charge is 0.452 e. The fourth-order valence-corrected chi connectivity index (χ4v) is 2.17. The normalized spacial score (nSPS) is 17.5. The molecule has 1 aromatic carbocycles. The first-order valence-electron chi connectivity index (χ1n) is 6.66. The number of nitrogens with one attached hydrogen (secondary N) is 1. The van der Waals surface area contributed by atoms with Gasteiger partial charge in [-0.05, 0) is 31.0 Å². The standard InChI is InChI=1S/C14H17ClN2O4/c15-9-3-4-12(16)11(6-9)14(19)21-8-13(18)17-7-10-2-1-5-20-10/h3-4,6,10H,1-2,5,7-8,16H2,(H,17,18)/t10-/m1/s1. The Hall–Kier alpha value is -1.79. The van der Waals surface area contributed by atoms with Crippen molar-refractivity contribution in [1.29, 1.82) is 0 Å². The van der Waals surface area contributed by atoms with Crippen LogP contribution >= 0.6 is 11.6 Å². The Bertz CT molecular complexity index is 530. The monoisotopic (exact) mass is 312 g/mol. The van der Waals surface area contributed by atoms with Gasteiger partial charge in [-0.3, -0.25) is 4.79 Å². The molecule has 1 atom stereocenters. The number of benzene rings is 1. The maximum absolute atomic E-state index is 11.8. The van der Waals surface area contributed by atoms with Crippen molar-refractivity contribution in [1.82, 2.24) is 5.32 Å². The van der Waals surface area contributed by atoms with Crippen LogP contribution in [0.25, 0.3) is 0 Å². The summed E-state index contributed by atoms with van der Waals surface area (Å²) in [6, 6.07) is 4.49. The third-order valence-corrected chi connectivity index (χ3v) is 3.36. The molecule has 1 saturated heterocycles. The quantitative estimate of drug-likeness (QED) is 0.633. The van der Waals surface area contributed by atoms with Crippen molar-refractivity contribution in [3.8, 4) is 0 Å². The van der Waals surface area contributed by atoms with Crippen LogP contribution < -0.4 is 11.1 Å². The van der Waals surface area contributed by atoms with Crippen molar-refractivity contribution >= 4 is 29.2 Å². The summed E-state index contributed by atoms with van der Waals surface area (Å²) in [6.07, 6.45) is 1.98. The average Bonchev–Trinajstić information content (AvgIpc) is 2.98. The van der Waals surface area contributed by atoms with Crippen molar-refractivity contribution in [3.05, 3.63) is 28.8 Å². The third-order valence-electron chi connectivity index (χ3n) is 3.12. The molecule has 0 saturated carbocycles. The van der Waals surface area contributed by atoms with Gasteiger partial charge in [0, 0.05) is 23.9 Å². The second kappa shape index (κ2) is 7.28. The van der Waals surface area contributed by atoms with Gasteiger partial charge in [-0.1, -0.05) is 11.6 Å². The molecule has 1 amide bonds. The van der Waals surface area contributed by atoms with Crippen LogP contribution in [-0.4, -0.2) is 37.7 Å². The van der Waals surface area contributed by atoms with Crippen LogP contribution in [0.4, 0.5) is 5.69 Å². The molecule has 1 fully saturated rings. The van der Waals surface area contributed by atoms with E-state index in [0.29, 0.717) is 11.6 Å². The van der Waals surface area contributed by atoms with Gasteiger partial charge < -0.3 is 20.5 Å². The molecular weight excluding hydrogens is 296 g/mol. The Morgan fingerprint density at radius 1 is 1.48 bits per heavy atom. The summed E-state index contributed by atoms with van der Waals surface area (Å²) in [5.74, 6) is -1.05. The SMILES string of the molecule is Nc1ccc(Cl)cc1C(=O)OCC(=O)NC[C@H]1CCCO1. The summed E-state index contributed by atoms with van der Waals surface area (Å²) < 4.78 is 10.3. The van der Waals surface area contributed by atoms with Gasteiger partial charge >= 0.3 is 5.97 Å². The minimum absolute atomic E-state index is 0.0493. The number of nitrogen functional groups attached to an aromatic ring is 1. The minimum atomic E-state index is -0.678. The number of esters is 1. The Morgan fingerprint density at radius 2 is 2.29 bits per heavy atom. The zero-order valence-corrected chi connectivity index (χ0v) is 12.2. The second-order valence-corrected chi connectivity index (χ2v) is 5.18. The van der Waals surface area contributed by atoms with Gasteiger partial charge in [-0.25, -0.2) is 4.79 Å². The van der Waals surface area contributed by atoms with E-state index in [9.17, 15) is 9.59 Å². The fraction of sp³-hybridized carbons (Fsp3) is 0.429. The molecule has 7 heteroatoms. The Balaban J connectivity index is 1.77. The second-order valence-electron chi connectivity index (χ2n) is 4.75. The zero-order valence-electron chi connectivity index (χ0n) is 11.4. The van der Waals surface area contributed by atoms with E-state index in [-0.39, 0.29) is 29.9 Å². The molecule has 21 heavy (non-hydrogen) atoms. The van der Waals surface area contributed by atoms with Gasteiger partial charge in [-0.2, -0.15) is 0 Å². The van der Waals surface area contributed by atoms with Gasteiger partial charge in [0.25, 0.3) is 5.91 Å². The summed E-state index contributed by atoms with van der Waals surface area (Å²) in [5, 5.41) is 3.03. The molecule has 1 aromatic rings. The molecule has 2 rings (SSSR count). The van der Waals surface area contributed by atoms with Crippen molar-refractivity contribution in [3.63, 3.8) is 0 Å². The van der Waals surface area contributed by atoms with Crippen LogP contribution in [0.3, 0.4) is 0 Å². The highest BCUT2D eigenvalue weighted by Crippen LogP contribution is 2.18. The molecular formula is C14H17ClN2O4. The smallest absolute Gasteiger partial charge is 0.340 e. The van der Waals surface area contributed by atoms with Crippen LogP contribution in [-0.2, 0) is 14.3 Å². The van der Waals surface area contributed by atoms with E-state index in [1.807, 2.05) is 0 Å². The van der Waals surface area contributed by atoms with Crippen molar-refractivity contribution in [2.45, 2.75) is 18.9 Å². The number of rotatable bonds is 5. The fourth-order valence-electron chi connectivity index (χ4n) is 2.00. The summed E-state index contributed by atoms with van der Waals surface area (Å²) in [5.41, 5.74) is 6.06. The lowest BCUT2D eigenvalue weighted by molar-refractivity contribution is -0.124. The van der Waals surface area contributed by atoms with E-state index in [2.05, 4.69) is 5.32 Å². The molecule has 6 nitrogen and oxygen atoms in total. The highest BCUT2D eigenvalue weighted by atomic mass is 35.5. The lowest BCUT2D eigenvalue weighted by Crippen LogP contribution is -2.34. The van der Waals surface area contributed by atoms with Gasteiger partial charge in [0.2, 0.25) is 0 Å². The minimum Gasteiger partial charge on any atom is -0.452 e. The van der Waals surface area contributed by atoms with Crippen molar-refractivity contribution in [2.75, 3.05) is 25.5 Å². The molecule has 1 aliphatic heterocycles. The molecule has 0 unspecified atom stereocenters. The number of anilines is 1. The van der Waals surface area contributed by atoms with Crippen LogP contribution in [0.1, 0.15) is 23.2 Å². The summed E-state index contributed by atoms with van der Waals surface area (Å²) in [4.78, 5) is 23.4. The van der Waals surface area contributed by atoms with E-state index < -0.39 is 5.97 Å². The maximum Gasteiger partial charge on any atom is 0.340 e. The molecule has 0 aliphatic carbocycles. The van der Waals surface area contributed by atoms with E-state index in [1.54, 1.807) is 6.07 Å². The summed E-state index contributed by atoms with van der Waals surface area (Å²) in [6.45, 7) is 0.788. The van der Waals surface area contributed by atoms with Crippen molar-refractivity contribution in [2.24, 2.45) is 0 Å². The predicted molar refractivity (Wildman–Crippen MR) is 78.1 cm³/mol. The zero-order chi connectivity index (χ0) is 15.2. The summed E-state index contributed by atoms with van der Waals surface area (Å²) >= 11 is 5.79.